The summed E-state index contributed by atoms with van der Waals surface area (Å²) in [6.45, 7) is 2.12. The molecule has 4 rings (SSSR count). The molecule has 3 aromatic rings. The third-order valence-corrected chi connectivity index (χ3v) is 4.92. The third-order valence-electron chi connectivity index (χ3n) is 3.64. The van der Waals surface area contributed by atoms with E-state index in [1.165, 1.54) is 0 Å². The van der Waals surface area contributed by atoms with Crippen LogP contribution in [0.15, 0.2) is 64.9 Å². The van der Waals surface area contributed by atoms with Crippen LogP contribution in [-0.4, -0.2) is 25.8 Å². The first-order valence-corrected chi connectivity index (χ1v) is 8.50. The topological polar surface area (TPSA) is 43.1 Å². The lowest BCUT2D eigenvalue weighted by atomic mass is 10.1. The van der Waals surface area contributed by atoms with Gasteiger partial charge in [-0.15, -0.1) is 10.2 Å². The van der Waals surface area contributed by atoms with E-state index >= 15 is 0 Å². The fourth-order valence-electron chi connectivity index (χ4n) is 2.54. The number of aromatic nitrogens is 3. The van der Waals surface area contributed by atoms with E-state index in [0.717, 1.165) is 27.8 Å². The van der Waals surface area contributed by atoms with Gasteiger partial charge in [0.25, 0.3) is 0 Å². The predicted molar refractivity (Wildman–Crippen MR) is 94.2 cm³/mol. The number of halogens is 1. The Bertz CT molecular complexity index is 889. The first-order chi connectivity index (χ1) is 11.2. The molecule has 0 aliphatic carbocycles. The van der Waals surface area contributed by atoms with E-state index in [1.807, 2.05) is 59.3 Å². The molecule has 23 heavy (non-hydrogen) atoms. The van der Waals surface area contributed by atoms with Crippen LogP contribution < -0.4 is 0 Å². The maximum absolute atomic E-state index is 6.12. The van der Waals surface area contributed by atoms with E-state index in [0.29, 0.717) is 5.02 Å². The molecule has 1 aliphatic heterocycles. The van der Waals surface area contributed by atoms with Crippen LogP contribution in [0.25, 0.3) is 11.4 Å². The number of fused-ring (bicyclic) bond motifs is 1. The molecule has 0 radical (unpaired) electrons. The van der Waals surface area contributed by atoms with Gasteiger partial charge in [-0.05, 0) is 19.1 Å². The standard InChI is InChI=1S/C17H13ClN4S/c1-11-15(13-8-5-9-14(18)10-13)21-22-16(19-20-17(22)23-11)12-6-3-2-4-7-12/h2-11H,1H3/t11-/m1/s1. The van der Waals surface area contributed by atoms with Gasteiger partial charge in [-0.1, -0.05) is 65.8 Å². The number of hydrogen-bond donors (Lipinski definition) is 0. The third kappa shape index (κ3) is 2.66. The maximum atomic E-state index is 6.12. The van der Waals surface area contributed by atoms with Crippen molar-refractivity contribution in [1.29, 1.82) is 0 Å². The highest BCUT2D eigenvalue weighted by atomic mass is 35.5. The van der Waals surface area contributed by atoms with Crippen molar-refractivity contribution < 1.29 is 0 Å². The molecule has 4 nitrogen and oxygen atoms in total. The zero-order valence-corrected chi connectivity index (χ0v) is 13.9. The number of rotatable bonds is 2. The van der Waals surface area contributed by atoms with E-state index in [2.05, 4.69) is 17.1 Å². The van der Waals surface area contributed by atoms with Gasteiger partial charge in [0, 0.05) is 16.1 Å². The summed E-state index contributed by atoms with van der Waals surface area (Å²) in [6, 6.07) is 17.7. The Morgan fingerprint density at radius 2 is 1.78 bits per heavy atom. The molecule has 1 aliphatic rings. The summed E-state index contributed by atoms with van der Waals surface area (Å²) < 4.78 is 1.82. The van der Waals surface area contributed by atoms with Gasteiger partial charge in [0.2, 0.25) is 5.16 Å². The second kappa shape index (κ2) is 5.83. The minimum absolute atomic E-state index is 0.189. The van der Waals surface area contributed by atoms with Gasteiger partial charge in [0.15, 0.2) is 5.82 Å². The Morgan fingerprint density at radius 3 is 2.57 bits per heavy atom. The lowest BCUT2D eigenvalue weighted by Crippen LogP contribution is -2.21. The van der Waals surface area contributed by atoms with Crippen LogP contribution in [0.2, 0.25) is 5.02 Å². The molecular weight excluding hydrogens is 328 g/mol. The monoisotopic (exact) mass is 340 g/mol. The number of benzene rings is 2. The largest absolute Gasteiger partial charge is 0.213 e. The Hall–Kier alpha value is -2.11. The fraction of sp³-hybridized carbons (Fsp3) is 0.118. The summed E-state index contributed by atoms with van der Waals surface area (Å²) in [5.74, 6) is 0.750. The van der Waals surface area contributed by atoms with Gasteiger partial charge >= 0.3 is 0 Å². The molecule has 6 heteroatoms. The SMILES string of the molecule is C[C@H]1Sc2nnc(-c3ccccc3)n2N=C1c1cccc(Cl)c1. The fourth-order valence-corrected chi connectivity index (χ4v) is 3.66. The van der Waals surface area contributed by atoms with Crippen LogP contribution in [0.4, 0.5) is 0 Å². The molecule has 0 saturated carbocycles. The van der Waals surface area contributed by atoms with Crippen molar-refractivity contribution in [2.24, 2.45) is 5.10 Å². The summed E-state index contributed by atoms with van der Waals surface area (Å²) in [5.41, 5.74) is 2.99. The molecule has 0 N–H and O–H groups in total. The van der Waals surface area contributed by atoms with Crippen molar-refractivity contribution in [2.45, 2.75) is 17.3 Å². The van der Waals surface area contributed by atoms with Crippen molar-refractivity contribution in [1.82, 2.24) is 14.9 Å². The van der Waals surface area contributed by atoms with E-state index < -0.39 is 0 Å². The highest BCUT2D eigenvalue weighted by Crippen LogP contribution is 2.33. The summed E-state index contributed by atoms with van der Waals surface area (Å²) >= 11 is 7.78. The van der Waals surface area contributed by atoms with E-state index in [9.17, 15) is 0 Å². The first kappa shape index (κ1) is 14.5. The summed E-state index contributed by atoms with van der Waals surface area (Å²) in [5, 5.41) is 15.1. The van der Waals surface area contributed by atoms with Gasteiger partial charge in [0.1, 0.15) is 0 Å². The second-order valence-electron chi connectivity index (χ2n) is 5.24. The maximum Gasteiger partial charge on any atom is 0.213 e. The van der Waals surface area contributed by atoms with Gasteiger partial charge in [-0.2, -0.15) is 9.78 Å². The Labute approximate surface area is 143 Å². The molecule has 0 saturated heterocycles. The normalized spacial score (nSPS) is 16.8. The number of thioether (sulfide) groups is 1. The van der Waals surface area contributed by atoms with Gasteiger partial charge in [-0.25, -0.2) is 0 Å². The van der Waals surface area contributed by atoms with E-state index in [4.69, 9.17) is 16.7 Å². The van der Waals surface area contributed by atoms with Crippen LogP contribution in [0.5, 0.6) is 0 Å². The minimum atomic E-state index is 0.189. The van der Waals surface area contributed by atoms with Gasteiger partial charge < -0.3 is 0 Å². The predicted octanol–water partition coefficient (Wildman–Crippen LogP) is 4.35. The van der Waals surface area contributed by atoms with Crippen LogP contribution in [0.3, 0.4) is 0 Å². The van der Waals surface area contributed by atoms with Crippen LogP contribution >= 0.6 is 23.4 Å². The molecular formula is C17H13ClN4S. The smallest absolute Gasteiger partial charge is 0.187 e. The molecule has 0 bridgehead atoms. The quantitative estimate of drug-likeness (QED) is 0.696. The summed E-state index contributed by atoms with van der Waals surface area (Å²) in [6.07, 6.45) is 0. The van der Waals surface area contributed by atoms with E-state index in [1.54, 1.807) is 11.8 Å². The molecule has 0 spiro atoms. The molecule has 2 heterocycles. The molecule has 0 fully saturated rings. The second-order valence-corrected chi connectivity index (χ2v) is 6.98. The van der Waals surface area contributed by atoms with Gasteiger partial charge in [0.05, 0.1) is 11.0 Å². The number of hydrogen-bond acceptors (Lipinski definition) is 4. The summed E-state index contributed by atoms with van der Waals surface area (Å²) in [4.78, 5) is 0. The Balaban J connectivity index is 1.85. The van der Waals surface area contributed by atoms with Crippen molar-refractivity contribution in [3.05, 3.63) is 65.2 Å². The highest BCUT2D eigenvalue weighted by molar-refractivity contribution is 8.00. The first-order valence-electron chi connectivity index (χ1n) is 7.24. The van der Waals surface area contributed by atoms with Crippen LogP contribution in [0, 0.1) is 0 Å². The summed E-state index contributed by atoms with van der Waals surface area (Å²) in [7, 11) is 0. The van der Waals surface area contributed by atoms with Crippen molar-refractivity contribution in [3.63, 3.8) is 0 Å². The van der Waals surface area contributed by atoms with Crippen molar-refractivity contribution in [3.8, 4) is 11.4 Å². The average Bonchev–Trinajstić information content (AvgIpc) is 2.97. The molecule has 0 unspecified atom stereocenters. The van der Waals surface area contributed by atoms with Crippen molar-refractivity contribution >= 4 is 29.1 Å². The lowest BCUT2D eigenvalue weighted by molar-refractivity contribution is 0.754. The Morgan fingerprint density at radius 1 is 1.00 bits per heavy atom. The molecule has 1 atom stereocenters. The molecule has 2 aromatic carbocycles. The zero-order chi connectivity index (χ0) is 15.8. The zero-order valence-electron chi connectivity index (χ0n) is 12.3. The van der Waals surface area contributed by atoms with Crippen LogP contribution in [-0.2, 0) is 0 Å². The van der Waals surface area contributed by atoms with Crippen LogP contribution in [0.1, 0.15) is 12.5 Å². The molecule has 1 aromatic heterocycles. The minimum Gasteiger partial charge on any atom is -0.187 e. The number of nitrogens with zero attached hydrogens (tertiary/aromatic N) is 4. The molecule has 0 amide bonds. The average molecular weight is 341 g/mol. The van der Waals surface area contributed by atoms with Crippen molar-refractivity contribution in [2.75, 3.05) is 0 Å². The molecule has 114 valence electrons. The Kier molecular flexibility index (Phi) is 3.67. The lowest BCUT2D eigenvalue weighted by Gasteiger charge is -2.20. The van der Waals surface area contributed by atoms with E-state index in [-0.39, 0.29) is 5.25 Å². The highest BCUT2D eigenvalue weighted by Gasteiger charge is 2.26. The van der Waals surface area contributed by atoms with Gasteiger partial charge in [-0.3, -0.25) is 0 Å².